The van der Waals surface area contributed by atoms with Crippen LogP contribution in [0.3, 0.4) is 0 Å². The number of hydrogen-bond acceptors (Lipinski definition) is 3. The van der Waals surface area contributed by atoms with Gasteiger partial charge in [-0.1, -0.05) is 0 Å². The number of nitrogens with one attached hydrogen (secondary N) is 2. The molecule has 0 fully saturated rings. The summed E-state index contributed by atoms with van der Waals surface area (Å²) >= 11 is 0. The van der Waals surface area contributed by atoms with Gasteiger partial charge in [-0.2, -0.15) is 0 Å². The van der Waals surface area contributed by atoms with Crippen LogP contribution in [0.25, 0.3) is 0 Å². The monoisotopic (exact) mass is 209 g/mol. The molecule has 0 aliphatic rings. The molecule has 78 valence electrons. The van der Waals surface area contributed by atoms with E-state index >= 15 is 0 Å². The highest BCUT2D eigenvalue weighted by atomic mass is 32.2. The van der Waals surface area contributed by atoms with Crippen molar-refractivity contribution >= 4 is 16.1 Å². The number of amides is 2. The van der Waals surface area contributed by atoms with Gasteiger partial charge in [-0.25, -0.2) is 17.5 Å². The van der Waals surface area contributed by atoms with Crippen molar-refractivity contribution in [3.63, 3.8) is 0 Å². The molecule has 2 amide bonds. The fourth-order valence-corrected chi connectivity index (χ4v) is 1.29. The summed E-state index contributed by atoms with van der Waals surface area (Å²) in [5.74, 6) is -0.0899. The average Bonchev–Trinajstić information content (AvgIpc) is 2.03. The second-order valence-corrected chi connectivity index (χ2v) is 4.91. The van der Waals surface area contributed by atoms with Crippen LogP contribution < -0.4 is 10.6 Å². The van der Waals surface area contributed by atoms with Crippen molar-refractivity contribution in [1.29, 1.82) is 0 Å². The van der Waals surface area contributed by atoms with E-state index in [1.54, 1.807) is 0 Å². The summed E-state index contributed by atoms with van der Waals surface area (Å²) in [4.78, 5) is 10.6. The van der Waals surface area contributed by atoms with E-state index in [0.29, 0.717) is 0 Å². The summed E-state index contributed by atoms with van der Waals surface area (Å²) in [7, 11) is 1.16. The smallest absolute Gasteiger partial charge is 0.314 e. The first-order valence-electron chi connectivity index (χ1n) is 3.76. The van der Waals surface area contributed by atoms with Crippen molar-refractivity contribution in [3.05, 3.63) is 0 Å². The molecule has 7 heteroatoms. The molecule has 6 nitrogen and oxygen atoms in total. The van der Waals surface area contributed by atoms with Gasteiger partial charge in [0.15, 0.2) is 0 Å². The van der Waals surface area contributed by atoms with Crippen LogP contribution in [0.1, 0.15) is 0 Å². The fourth-order valence-electron chi connectivity index (χ4n) is 0.565. The first-order valence-corrected chi connectivity index (χ1v) is 5.37. The fraction of sp³-hybridized carbons (Fsp3) is 0.833. The van der Waals surface area contributed by atoms with E-state index < -0.39 is 10.0 Å². The van der Waals surface area contributed by atoms with Crippen LogP contribution in [-0.2, 0) is 10.0 Å². The van der Waals surface area contributed by atoms with Crippen molar-refractivity contribution < 1.29 is 13.2 Å². The molecule has 0 aromatic carbocycles. The molecule has 0 spiro atoms. The van der Waals surface area contributed by atoms with Crippen LogP contribution in [0, 0.1) is 0 Å². The van der Waals surface area contributed by atoms with Crippen molar-refractivity contribution in [2.45, 2.75) is 0 Å². The van der Waals surface area contributed by atoms with Gasteiger partial charge in [-0.05, 0) is 0 Å². The Morgan fingerprint density at radius 1 is 1.38 bits per heavy atom. The largest absolute Gasteiger partial charge is 0.341 e. The quantitative estimate of drug-likeness (QED) is 0.611. The van der Waals surface area contributed by atoms with Crippen molar-refractivity contribution in [3.8, 4) is 0 Å². The zero-order valence-electron chi connectivity index (χ0n) is 7.99. The maximum atomic E-state index is 11.2. The van der Waals surface area contributed by atoms with Crippen LogP contribution in [0.4, 0.5) is 4.79 Å². The Morgan fingerprint density at radius 2 is 1.92 bits per heavy atom. The van der Waals surface area contributed by atoms with E-state index in [9.17, 15) is 13.2 Å². The van der Waals surface area contributed by atoms with Gasteiger partial charge < -0.3 is 10.6 Å². The Balaban J connectivity index is 3.84. The molecule has 2 N–H and O–H groups in total. The lowest BCUT2D eigenvalue weighted by atomic mass is 10.7. The van der Waals surface area contributed by atoms with E-state index in [0.717, 1.165) is 4.31 Å². The van der Waals surface area contributed by atoms with Crippen LogP contribution in [0.5, 0.6) is 0 Å². The van der Waals surface area contributed by atoms with E-state index in [4.69, 9.17) is 0 Å². The minimum atomic E-state index is -3.21. The maximum Gasteiger partial charge on any atom is 0.314 e. The zero-order valence-corrected chi connectivity index (χ0v) is 8.81. The molecule has 0 aromatic heterocycles. The van der Waals surface area contributed by atoms with E-state index in [-0.39, 0.29) is 18.3 Å². The second-order valence-electron chi connectivity index (χ2n) is 2.60. The number of hydrogen-bond donors (Lipinski definition) is 2. The highest BCUT2D eigenvalue weighted by Crippen LogP contribution is 1.91. The maximum absolute atomic E-state index is 11.2. The summed E-state index contributed by atoms with van der Waals surface area (Å²) in [6.45, 7) is 0.111. The van der Waals surface area contributed by atoms with Gasteiger partial charge in [0.1, 0.15) is 0 Å². The standard InChI is InChI=1S/C6H15N3O3S/c1-7-6(10)8-4-5-13(11,12)9(2)3/h4-5H2,1-3H3,(H2,7,8,10). The molecule has 0 atom stereocenters. The first kappa shape index (κ1) is 12.2. The Kier molecular flexibility index (Phi) is 4.71. The molecule has 0 unspecified atom stereocenters. The van der Waals surface area contributed by atoms with Crippen LogP contribution in [0.2, 0.25) is 0 Å². The van der Waals surface area contributed by atoms with E-state index in [2.05, 4.69) is 10.6 Å². The molecule has 0 saturated heterocycles. The van der Waals surface area contributed by atoms with Gasteiger partial charge >= 0.3 is 6.03 Å². The van der Waals surface area contributed by atoms with Gasteiger partial charge in [0.25, 0.3) is 0 Å². The Morgan fingerprint density at radius 3 is 2.31 bits per heavy atom. The molecule has 0 heterocycles. The van der Waals surface area contributed by atoms with Crippen LogP contribution in [0.15, 0.2) is 0 Å². The number of nitrogens with zero attached hydrogens (tertiary/aromatic N) is 1. The van der Waals surface area contributed by atoms with Gasteiger partial charge in [-0.3, -0.25) is 0 Å². The topological polar surface area (TPSA) is 78.5 Å². The van der Waals surface area contributed by atoms with Gasteiger partial charge in [0.2, 0.25) is 10.0 Å². The molecule has 0 saturated carbocycles. The first-order chi connectivity index (χ1) is 5.90. The minimum absolute atomic E-state index is 0.0899. The molecule has 0 rings (SSSR count). The second kappa shape index (κ2) is 5.03. The lowest BCUT2D eigenvalue weighted by molar-refractivity contribution is 0.243. The average molecular weight is 209 g/mol. The van der Waals surface area contributed by atoms with Gasteiger partial charge in [-0.15, -0.1) is 0 Å². The summed E-state index contributed by atoms with van der Waals surface area (Å²) in [5, 5.41) is 4.71. The number of carbonyl (C=O) groups excluding carboxylic acids is 1. The summed E-state index contributed by atoms with van der Waals surface area (Å²) < 4.78 is 23.4. The molecular weight excluding hydrogens is 194 g/mol. The zero-order chi connectivity index (χ0) is 10.5. The van der Waals surface area contributed by atoms with Crippen LogP contribution in [-0.4, -0.2) is 52.2 Å². The molecule has 0 aliphatic carbocycles. The number of sulfonamides is 1. The highest BCUT2D eigenvalue weighted by Gasteiger charge is 2.12. The van der Waals surface area contributed by atoms with Gasteiger partial charge in [0, 0.05) is 27.7 Å². The molecule has 0 aliphatic heterocycles. The number of urea groups is 1. The third-order valence-corrected chi connectivity index (χ3v) is 3.26. The van der Waals surface area contributed by atoms with Crippen LogP contribution >= 0.6 is 0 Å². The lowest BCUT2D eigenvalue weighted by Crippen LogP contribution is -2.38. The number of carbonyl (C=O) groups is 1. The number of rotatable bonds is 4. The normalized spacial score (nSPS) is 11.4. The van der Waals surface area contributed by atoms with E-state index in [1.807, 2.05) is 0 Å². The predicted molar refractivity (Wildman–Crippen MR) is 49.9 cm³/mol. The Labute approximate surface area is 78.3 Å². The Hall–Kier alpha value is -0.820. The lowest BCUT2D eigenvalue weighted by Gasteiger charge is -2.11. The minimum Gasteiger partial charge on any atom is -0.341 e. The van der Waals surface area contributed by atoms with Crippen molar-refractivity contribution in [2.24, 2.45) is 0 Å². The van der Waals surface area contributed by atoms with E-state index in [1.165, 1.54) is 21.1 Å². The molecule has 0 radical (unpaired) electrons. The summed E-state index contributed by atoms with van der Waals surface area (Å²) in [6, 6.07) is -0.381. The third-order valence-electron chi connectivity index (χ3n) is 1.43. The van der Waals surface area contributed by atoms with Crippen molar-refractivity contribution in [2.75, 3.05) is 33.4 Å². The third kappa shape index (κ3) is 4.69. The predicted octanol–water partition coefficient (Wildman–Crippen LogP) is -1.19. The highest BCUT2D eigenvalue weighted by molar-refractivity contribution is 7.89. The Bertz CT molecular complexity index is 260. The molecule has 0 aromatic rings. The molecule has 0 bridgehead atoms. The van der Waals surface area contributed by atoms with Gasteiger partial charge in [0.05, 0.1) is 5.75 Å². The van der Waals surface area contributed by atoms with Crippen molar-refractivity contribution in [1.82, 2.24) is 14.9 Å². The molecular formula is C6H15N3O3S. The summed E-state index contributed by atoms with van der Waals surface area (Å²) in [5.41, 5.74) is 0. The molecule has 13 heavy (non-hydrogen) atoms. The summed E-state index contributed by atoms with van der Waals surface area (Å²) in [6.07, 6.45) is 0. The SMILES string of the molecule is CNC(=O)NCCS(=O)(=O)N(C)C.